The summed E-state index contributed by atoms with van der Waals surface area (Å²) in [6, 6.07) is 15.8. The molecule has 5 rings (SSSR count). The smallest absolute Gasteiger partial charge is 0.410 e. The molecular weight excluding hydrogens is 504 g/mol. The van der Waals surface area contributed by atoms with Crippen molar-refractivity contribution in [3.05, 3.63) is 83.9 Å². The van der Waals surface area contributed by atoms with Crippen LogP contribution in [0.2, 0.25) is 0 Å². The second kappa shape index (κ2) is 11.8. The third-order valence-corrected chi connectivity index (χ3v) is 7.79. The number of hydrogen-bond acceptors (Lipinski definition) is 6. The van der Waals surface area contributed by atoms with Crippen LogP contribution in [-0.4, -0.2) is 68.2 Å². The van der Waals surface area contributed by atoms with Crippen molar-refractivity contribution in [2.75, 3.05) is 19.6 Å². The number of carboxylic acid groups (broad SMARTS) is 1. The number of carboxylic acids is 1. The Morgan fingerprint density at radius 2 is 1.62 bits per heavy atom. The lowest BCUT2D eigenvalue weighted by atomic mass is 9.95. The van der Waals surface area contributed by atoms with Gasteiger partial charge in [0.15, 0.2) is 0 Å². The minimum absolute atomic E-state index is 0.145. The van der Waals surface area contributed by atoms with E-state index in [9.17, 15) is 9.59 Å². The SMILES string of the molecule is CC(C)(C)OC(=O)N(CC1CCN(Cc2ccc(C(=O)O)cc2)CC1)C1CC1c1ccc(-c2cncnc2)cc1. The fraction of sp³-hybridized carbons (Fsp3) is 0.438. The molecule has 2 unspecified atom stereocenters. The largest absolute Gasteiger partial charge is 0.478 e. The number of carbonyl (C=O) groups excluding carboxylic acids is 1. The molecule has 1 saturated heterocycles. The predicted molar refractivity (Wildman–Crippen MR) is 153 cm³/mol. The molecule has 1 aliphatic carbocycles. The Labute approximate surface area is 236 Å². The highest BCUT2D eigenvalue weighted by Crippen LogP contribution is 2.46. The van der Waals surface area contributed by atoms with Gasteiger partial charge in [-0.15, -0.1) is 0 Å². The van der Waals surface area contributed by atoms with Gasteiger partial charge in [0.25, 0.3) is 0 Å². The number of amides is 1. The molecule has 2 heterocycles. The number of aromatic carboxylic acids is 1. The van der Waals surface area contributed by atoms with Crippen molar-refractivity contribution in [3.8, 4) is 11.1 Å². The molecule has 8 heteroatoms. The lowest BCUT2D eigenvalue weighted by Gasteiger charge is -2.36. The van der Waals surface area contributed by atoms with Gasteiger partial charge >= 0.3 is 12.1 Å². The second-order valence-corrected chi connectivity index (χ2v) is 12.0. The Morgan fingerprint density at radius 1 is 0.975 bits per heavy atom. The topological polar surface area (TPSA) is 95.9 Å². The lowest BCUT2D eigenvalue weighted by Crippen LogP contribution is -2.44. The Balaban J connectivity index is 1.20. The fourth-order valence-corrected chi connectivity index (χ4v) is 5.54. The summed E-state index contributed by atoms with van der Waals surface area (Å²) in [7, 11) is 0. The van der Waals surface area contributed by atoms with Crippen molar-refractivity contribution in [2.45, 2.75) is 64.1 Å². The first kappa shape index (κ1) is 27.8. The van der Waals surface area contributed by atoms with Crippen molar-refractivity contribution in [3.63, 3.8) is 0 Å². The van der Waals surface area contributed by atoms with E-state index in [1.54, 1.807) is 12.1 Å². The number of piperidine rings is 1. The Kier molecular flexibility index (Phi) is 8.17. The van der Waals surface area contributed by atoms with Crippen LogP contribution >= 0.6 is 0 Å². The second-order valence-electron chi connectivity index (χ2n) is 12.0. The summed E-state index contributed by atoms with van der Waals surface area (Å²) in [6.07, 6.45) is 7.90. The molecule has 2 atom stereocenters. The number of rotatable bonds is 8. The molecular formula is C32H38N4O4. The number of benzene rings is 2. The van der Waals surface area contributed by atoms with Gasteiger partial charge in [-0.2, -0.15) is 0 Å². The molecule has 0 bridgehead atoms. The normalized spacial score (nSPS) is 19.7. The maximum atomic E-state index is 13.3. The number of nitrogens with zero attached hydrogens (tertiary/aromatic N) is 4. The summed E-state index contributed by atoms with van der Waals surface area (Å²) in [5.41, 5.74) is 4.19. The van der Waals surface area contributed by atoms with Crippen molar-refractivity contribution in [1.29, 1.82) is 0 Å². The van der Waals surface area contributed by atoms with Gasteiger partial charge in [0.2, 0.25) is 0 Å². The number of hydrogen-bond donors (Lipinski definition) is 1. The predicted octanol–water partition coefficient (Wildman–Crippen LogP) is 5.85. The van der Waals surface area contributed by atoms with Crippen molar-refractivity contribution >= 4 is 12.1 Å². The lowest BCUT2D eigenvalue weighted by molar-refractivity contribution is 0.0170. The van der Waals surface area contributed by atoms with E-state index in [1.165, 1.54) is 11.9 Å². The highest BCUT2D eigenvalue weighted by atomic mass is 16.6. The van der Waals surface area contributed by atoms with Crippen LogP contribution < -0.4 is 0 Å². The molecule has 2 aromatic carbocycles. The monoisotopic (exact) mass is 542 g/mol. The summed E-state index contributed by atoms with van der Waals surface area (Å²) < 4.78 is 5.85. The van der Waals surface area contributed by atoms with E-state index in [-0.39, 0.29) is 12.1 Å². The third-order valence-electron chi connectivity index (χ3n) is 7.79. The number of ether oxygens (including phenoxy) is 1. The first-order valence-electron chi connectivity index (χ1n) is 14.1. The number of aromatic nitrogens is 2. The van der Waals surface area contributed by atoms with Crippen LogP contribution in [0.3, 0.4) is 0 Å². The number of likely N-dealkylation sites (tertiary alicyclic amines) is 1. The highest BCUT2D eigenvalue weighted by Gasteiger charge is 2.46. The minimum Gasteiger partial charge on any atom is -0.478 e. The zero-order chi connectivity index (χ0) is 28.3. The van der Waals surface area contributed by atoms with Crippen molar-refractivity contribution < 1.29 is 19.4 Å². The van der Waals surface area contributed by atoms with E-state index in [4.69, 9.17) is 9.84 Å². The molecule has 2 fully saturated rings. The van der Waals surface area contributed by atoms with E-state index in [0.29, 0.717) is 23.9 Å². The summed E-state index contributed by atoms with van der Waals surface area (Å²) in [5, 5.41) is 9.13. The Bertz CT molecular complexity index is 1300. The first-order chi connectivity index (χ1) is 19.2. The van der Waals surface area contributed by atoms with E-state index in [0.717, 1.165) is 55.6 Å². The van der Waals surface area contributed by atoms with Gasteiger partial charge in [-0.05, 0) is 87.9 Å². The molecule has 1 aromatic heterocycles. The van der Waals surface area contributed by atoms with Crippen LogP contribution in [0.4, 0.5) is 4.79 Å². The van der Waals surface area contributed by atoms with Crippen LogP contribution in [-0.2, 0) is 11.3 Å². The van der Waals surface area contributed by atoms with Crippen LogP contribution in [0.15, 0.2) is 67.3 Å². The van der Waals surface area contributed by atoms with Crippen LogP contribution in [0.1, 0.15) is 67.4 Å². The van der Waals surface area contributed by atoms with Gasteiger partial charge in [0.1, 0.15) is 11.9 Å². The first-order valence-corrected chi connectivity index (χ1v) is 14.1. The Morgan fingerprint density at radius 3 is 2.23 bits per heavy atom. The van der Waals surface area contributed by atoms with Crippen molar-refractivity contribution in [2.24, 2.45) is 5.92 Å². The zero-order valence-corrected chi connectivity index (χ0v) is 23.5. The van der Waals surface area contributed by atoms with Gasteiger partial charge in [-0.3, -0.25) is 4.90 Å². The third kappa shape index (κ3) is 7.04. The van der Waals surface area contributed by atoms with Gasteiger partial charge in [0.05, 0.1) is 5.56 Å². The average Bonchev–Trinajstić information content (AvgIpc) is 3.73. The summed E-state index contributed by atoms with van der Waals surface area (Å²) >= 11 is 0. The summed E-state index contributed by atoms with van der Waals surface area (Å²) in [4.78, 5) is 37.1. The average molecular weight is 543 g/mol. The fourth-order valence-electron chi connectivity index (χ4n) is 5.54. The molecule has 1 saturated carbocycles. The summed E-state index contributed by atoms with van der Waals surface area (Å²) in [6.45, 7) is 9.16. The van der Waals surface area contributed by atoms with Crippen molar-refractivity contribution in [1.82, 2.24) is 19.8 Å². The minimum atomic E-state index is -0.904. The molecule has 40 heavy (non-hydrogen) atoms. The van der Waals surface area contributed by atoms with E-state index < -0.39 is 11.6 Å². The maximum Gasteiger partial charge on any atom is 0.410 e. The molecule has 1 N–H and O–H groups in total. The molecule has 0 radical (unpaired) electrons. The van der Waals surface area contributed by atoms with E-state index >= 15 is 0 Å². The standard InChI is InChI=1S/C32H38N4O4/c1-32(2,3)40-31(39)36(29-16-28(29)25-10-8-24(9-11-25)27-17-33-21-34-18-27)20-23-12-14-35(15-13-23)19-22-4-6-26(7-5-22)30(37)38/h4-11,17-18,21,23,28-29H,12-16,19-20H2,1-3H3,(H,37,38). The Hall–Kier alpha value is -3.78. The van der Waals surface area contributed by atoms with Crippen LogP contribution in [0.25, 0.3) is 11.1 Å². The number of carbonyl (C=O) groups is 2. The molecule has 1 amide bonds. The van der Waals surface area contributed by atoms with Crippen LogP contribution in [0.5, 0.6) is 0 Å². The molecule has 2 aliphatic rings. The quantitative estimate of drug-likeness (QED) is 0.382. The van der Waals surface area contributed by atoms with Gasteiger partial charge in [-0.25, -0.2) is 19.6 Å². The zero-order valence-electron chi connectivity index (χ0n) is 23.5. The molecule has 0 spiro atoms. The van der Waals surface area contributed by atoms with Gasteiger partial charge in [0, 0.05) is 43.0 Å². The maximum absolute atomic E-state index is 13.3. The van der Waals surface area contributed by atoms with E-state index in [2.05, 4.69) is 39.1 Å². The molecule has 8 nitrogen and oxygen atoms in total. The molecule has 210 valence electrons. The van der Waals surface area contributed by atoms with Crippen LogP contribution in [0, 0.1) is 5.92 Å². The molecule has 1 aliphatic heterocycles. The van der Waals surface area contributed by atoms with Gasteiger partial charge < -0.3 is 14.7 Å². The van der Waals surface area contributed by atoms with Gasteiger partial charge in [-0.1, -0.05) is 36.4 Å². The molecule has 3 aromatic rings. The summed E-state index contributed by atoms with van der Waals surface area (Å²) in [5.74, 6) is -0.179. The van der Waals surface area contributed by atoms with E-state index in [1.807, 2.05) is 50.2 Å². The highest BCUT2D eigenvalue weighted by molar-refractivity contribution is 5.87.